The summed E-state index contributed by atoms with van der Waals surface area (Å²) in [4.78, 5) is 0. The standard InChI is InChI=1S/C14H23NO3S/c1-4-19(16,17)11-13(3)15-8-9-18-14-7-5-6-12(2)10-14/h5-7,10,13,15H,4,8-9,11H2,1-3H3. The maximum Gasteiger partial charge on any atom is 0.151 e. The summed E-state index contributed by atoms with van der Waals surface area (Å²) in [6, 6.07) is 7.81. The number of ether oxygens (including phenoxy) is 1. The van der Waals surface area contributed by atoms with E-state index in [0.717, 1.165) is 11.3 Å². The normalized spacial score (nSPS) is 13.2. The minimum atomic E-state index is -2.92. The molecule has 5 heteroatoms. The van der Waals surface area contributed by atoms with Crippen molar-refractivity contribution in [3.8, 4) is 5.75 Å². The Morgan fingerprint density at radius 3 is 2.74 bits per heavy atom. The summed E-state index contributed by atoms with van der Waals surface area (Å²) in [6.07, 6.45) is 0. The number of aryl methyl sites for hydroxylation is 1. The third-order valence-corrected chi connectivity index (χ3v) is 4.68. The Balaban J connectivity index is 2.24. The van der Waals surface area contributed by atoms with Crippen molar-refractivity contribution in [1.29, 1.82) is 0 Å². The summed E-state index contributed by atoms with van der Waals surface area (Å²) in [5.41, 5.74) is 1.16. The topological polar surface area (TPSA) is 55.4 Å². The van der Waals surface area contributed by atoms with Crippen molar-refractivity contribution in [1.82, 2.24) is 5.32 Å². The van der Waals surface area contributed by atoms with Crippen LogP contribution in [0.2, 0.25) is 0 Å². The SMILES string of the molecule is CCS(=O)(=O)CC(C)NCCOc1cccc(C)c1. The van der Waals surface area contributed by atoms with Gasteiger partial charge < -0.3 is 10.1 Å². The molecule has 0 bridgehead atoms. The summed E-state index contributed by atoms with van der Waals surface area (Å²) in [5, 5.41) is 3.15. The van der Waals surface area contributed by atoms with Crippen LogP contribution in [0.25, 0.3) is 0 Å². The molecule has 19 heavy (non-hydrogen) atoms. The Morgan fingerprint density at radius 1 is 1.37 bits per heavy atom. The number of rotatable bonds is 8. The van der Waals surface area contributed by atoms with Crippen molar-refractivity contribution < 1.29 is 13.2 Å². The van der Waals surface area contributed by atoms with Gasteiger partial charge in [0.1, 0.15) is 12.4 Å². The van der Waals surface area contributed by atoms with Crippen molar-refractivity contribution in [2.24, 2.45) is 0 Å². The van der Waals surface area contributed by atoms with Gasteiger partial charge in [-0.3, -0.25) is 0 Å². The van der Waals surface area contributed by atoms with Crippen LogP contribution in [0.15, 0.2) is 24.3 Å². The number of sulfone groups is 1. The second-order valence-corrected chi connectivity index (χ2v) is 7.12. The monoisotopic (exact) mass is 285 g/mol. The van der Waals surface area contributed by atoms with E-state index in [1.807, 2.05) is 38.1 Å². The first kappa shape index (κ1) is 16.0. The molecule has 1 N–H and O–H groups in total. The highest BCUT2D eigenvalue weighted by Gasteiger charge is 2.12. The van der Waals surface area contributed by atoms with E-state index in [2.05, 4.69) is 5.32 Å². The first-order valence-corrected chi connectivity index (χ1v) is 8.38. The molecule has 0 radical (unpaired) electrons. The molecule has 0 spiro atoms. The third-order valence-electron chi connectivity index (χ3n) is 2.80. The number of hydrogen-bond acceptors (Lipinski definition) is 4. The lowest BCUT2D eigenvalue weighted by molar-refractivity contribution is 0.309. The molecule has 1 aromatic carbocycles. The van der Waals surface area contributed by atoms with Crippen molar-refractivity contribution in [3.05, 3.63) is 29.8 Å². The van der Waals surface area contributed by atoms with Gasteiger partial charge in [-0.15, -0.1) is 0 Å². The van der Waals surface area contributed by atoms with E-state index in [9.17, 15) is 8.42 Å². The van der Waals surface area contributed by atoms with Crippen molar-refractivity contribution in [3.63, 3.8) is 0 Å². The zero-order valence-corrected chi connectivity index (χ0v) is 12.7. The van der Waals surface area contributed by atoms with E-state index in [1.165, 1.54) is 0 Å². The molecular formula is C14H23NO3S. The maximum absolute atomic E-state index is 11.4. The van der Waals surface area contributed by atoms with E-state index < -0.39 is 9.84 Å². The molecule has 1 unspecified atom stereocenters. The van der Waals surface area contributed by atoms with E-state index in [4.69, 9.17) is 4.74 Å². The van der Waals surface area contributed by atoms with Crippen LogP contribution in [0.3, 0.4) is 0 Å². The number of nitrogens with one attached hydrogen (secondary N) is 1. The highest BCUT2D eigenvalue weighted by Crippen LogP contribution is 2.11. The largest absolute Gasteiger partial charge is 0.492 e. The Hall–Kier alpha value is -1.07. The lowest BCUT2D eigenvalue weighted by atomic mass is 10.2. The molecule has 0 amide bonds. The summed E-state index contributed by atoms with van der Waals surface area (Å²) in [7, 11) is -2.92. The average Bonchev–Trinajstić information content (AvgIpc) is 2.34. The Bertz CT molecular complexity index is 485. The van der Waals surface area contributed by atoms with Gasteiger partial charge >= 0.3 is 0 Å². The van der Waals surface area contributed by atoms with Crippen LogP contribution in [0.5, 0.6) is 5.75 Å². The fourth-order valence-corrected chi connectivity index (χ4v) is 2.85. The summed E-state index contributed by atoms with van der Waals surface area (Å²) < 4.78 is 28.4. The third kappa shape index (κ3) is 6.59. The lowest BCUT2D eigenvalue weighted by Gasteiger charge is -2.14. The highest BCUT2D eigenvalue weighted by molar-refractivity contribution is 7.91. The molecule has 108 valence electrons. The number of benzene rings is 1. The van der Waals surface area contributed by atoms with E-state index in [1.54, 1.807) is 6.92 Å². The van der Waals surface area contributed by atoms with Gasteiger partial charge in [-0.05, 0) is 31.5 Å². The van der Waals surface area contributed by atoms with Crippen LogP contribution in [0.1, 0.15) is 19.4 Å². The predicted molar refractivity (Wildman–Crippen MR) is 78.5 cm³/mol. The molecule has 0 aliphatic rings. The predicted octanol–water partition coefficient (Wildman–Crippen LogP) is 1.79. The molecule has 0 aliphatic heterocycles. The molecule has 0 aliphatic carbocycles. The van der Waals surface area contributed by atoms with E-state index in [-0.39, 0.29) is 17.5 Å². The molecule has 0 heterocycles. The van der Waals surface area contributed by atoms with Crippen LogP contribution < -0.4 is 10.1 Å². The van der Waals surface area contributed by atoms with Gasteiger partial charge in [-0.25, -0.2) is 8.42 Å². The van der Waals surface area contributed by atoms with Gasteiger partial charge in [0.25, 0.3) is 0 Å². The highest BCUT2D eigenvalue weighted by atomic mass is 32.2. The van der Waals surface area contributed by atoms with Gasteiger partial charge in [-0.1, -0.05) is 19.1 Å². The quantitative estimate of drug-likeness (QED) is 0.740. The smallest absolute Gasteiger partial charge is 0.151 e. The van der Waals surface area contributed by atoms with Crippen LogP contribution >= 0.6 is 0 Å². The first-order valence-electron chi connectivity index (χ1n) is 6.56. The molecule has 1 rings (SSSR count). The zero-order chi connectivity index (χ0) is 14.3. The molecule has 1 atom stereocenters. The van der Waals surface area contributed by atoms with Gasteiger partial charge in [0.05, 0.1) is 5.75 Å². The van der Waals surface area contributed by atoms with Crippen molar-refractivity contribution >= 4 is 9.84 Å². The Kier molecular flexibility index (Phi) is 6.31. The van der Waals surface area contributed by atoms with Gasteiger partial charge in [-0.2, -0.15) is 0 Å². The second kappa shape index (κ2) is 7.50. The maximum atomic E-state index is 11.4. The summed E-state index contributed by atoms with van der Waals surface area (Å²) >= 11 is 0. The molecule has 0 aromatic heterocycles. The molecule has 0 saturated heterocycles. The number of hydrogen-bond donors (Lipinski definition) is 1. The van der Waals surface area contributed by atoms with Crippen LogP contribution in [-0.2, 0) is 9.84 Å². The van der Waals surface area contributed by atoms with Gasteiger partial charge in [0.15, 0.2) is 9.84 Å². The molecular weight excluding hydrogens is 262 g/mol. The zero-order valence-electron chi connectivity index (χ0n) is 11.8. The first-order chi connectivity index (χ1) is 8.93. The van der Waals surface area contributed by atoms with E-state index >= 15 is 0 Å². The molecule has 0 saturated carbocycles. The molecule has 1 aromatic rings. The van der Waals surface area contributed by atoms with Crippen LogP contribution in [0.4, 0.5) is 0 Å². The van der Waals surface area contributed by atoms with Crippen LogP contribution in [0, 0.1) is 6.92 Å². The molecule has 0 fully saturated rings. The minimum absolute atomic E-state index is 0.0499. The summed E-state index contributed by atoms with van der Waals surface area (Å²) in [6.45, 7) is 6.72. The average molecular weight is 285 g/mol. The van der Waals surface area contributed by atoms with E-state index in [0.29, 0.717) is 13.2 Å². The van der Waals surface area contributed by atoms with Crippen molar-refractivity contribution in [2.45, 2.75) is 26.8 Å². The summed E-state index contributed by atoms with van der Waals surface area (Å²) in [5.74, 6) is 1.21. The lowest BCUT2D eigenvalue weighted by Crippen LogP contribution is -2.36. The van der Waals surface area contributed by atoms with Gasteiger partial charge in [0, 0.05) is 18.3 Å². The van der Waals surface area contributed by atoms with Crippen molar-refractivity contribution in [2.75, 3.05) is 24.7 Å². The second-order valence-electron chi connectivity index (χ2n) is 4.72. The Morgan fingerprint density at radius 2 is 2.11 bits per heavy atom. The fourth-order valence-electron chi connectivity index (χ4n) is 1.74. The molecule has 4 nitrogen and oxygen atoms in total. The minimum Gasteiger partial charge on any atom is -0.492 e. The Labute approximate surface area is 116 Å². The van der Waals surface area contributed by atoms with Gasteiger partial charge in [0.2, 0.25) is 0 Å². The van der Waals surface area contributed by atoms with Crippen LogP contribution in [-0.4, -0.2) is 39.1 Å². The fraction of sp³-hybridized carbons (Fsp3) is 0.571.